The summed E-state index contributed by atoms with van der Waals surface area (Å²) in [6.45, 7) is 3.97. The molecule has 7 heteroatoms. The monoisotopic (exact) mass is 361 g/mol. The first kappa shape index (κ1) is 17.2. The topological polar surface area (TPSA) is 73.0 Å². The number of H-pyrrole nitrogens is 1. The molecule has 0 amide bonds. The van der Waals surface area contributed by atoms with Crippen molar-refractivity contribution in [2.75, 3.05) is 43.4 Å². The zero-order valence-electron chi connectivity index (χ0n) is 15.3. The van der Waals surface area contributed by atoms with Gasteiger partial charge in [-0.3, -0.25) is 5.10 Å². The average molecular weight is 361 g/mol. The first-order valence-electron chi connectivity index (χ1n) is 9.08. The molecule has 0 bridgehead atoms. The van der Waals surface area contributed by atoms with Gasteiger partial charge >= 0.3 is 0 Å². The van der Waals surface area contributed by atoms with Crippen molar-refractivity contribution in [3.05, 3.63) is 60.0 Å². The molecule has 0 saturated carbocycles. The Labute approximate surface area is 158 Å². The van der Waals surface area contributed by atoms with Crippen LogP contribution < -0.4 is 10.2 Å². The SMILES string of the molecule is CN1CCN(c2cc(Nc3ccn[nH]3)nc(/C=C/c3ccccc3)n2)CC1. The normalized spacial score (nSPS) is 15.4. The summed E-state index contributed by atoms with van der Waals surface area (Å²) in [5.41, 5.74) is 1.12. The van der Waals surface area contributed by atoms with Crippen LogP contribution in [0, 0.1) is 0 Å². The molecular formula is C20H23N7. The Hall–Kier alpha value is -3.19. The molecule has 1 aliphatic rings. The van der Waals surface area contributed by atoms with Crippen LogP contribution >= 0.6 is 0 Å². The Bertz CT molecular complexity index is 882. The highest BCUT2D eigenvalue weighted by Crippen LogP contribution is 2.21. The maximum Gasteiger partial charge on any atom is 0.156 e. The predicted molar refractivity (Wildman–Crippen MR) is 109 cm³/mol. The van der Waals surface area contributed by atoms with Crippen molar-refractivity contribution in [2.45, 2.75) is 0 Å². The number of hydrogen-bond donors (Lipinski definition) is 2. The van der Waals surface area contributed by atoms with E-state index in [1.54, 1.807) is 6.20 Å². The summed E-state index contributed by atoms with van der Waals surface area (Å²) < 4.78 is 0. The van der Waals surface area contributed by atoms with Crippen molar-refractivity contribution in [2.24, 2.45) is 0 Å². The molecule has 1 aliphatic heterocycles. The summed E-state index contributed by atoms with van der Waals surface area (Å²) in [5, 5.41) is 10.2. The van der Waals surface area contributed by atoms with Crippen LogP contribution in [0.4, 0.5) is 17.5 Å². The highest BCUT2D eigenvalue weighted by atomic mass is 15.3. The third-order valence-electron chi connectivity index (χ3n) is 4.55. The van der Waals surface area contributed by atoms with Gasteiger partial charge in [0, 0.05) is 38.3 Å². The Balaban J connectivity index is 1.62. The summed E-state index contributed by atoms with van der Waals surface area (Å²) in [4.78, 5) is 14.0. The molecule has 1 saturated heterocycles. The van der Waals surface area contributed by atoms with Crippen molar-refractivity contribution in [3.8, 4) is 0 Å². The second-order valence-electron chi connectivity index (χ2n) is 6.60. The van der Waals surface area contributed by atoms with Crippen molar-refractivity contribution in [1.29, 1.82) is 0 Å². The fraction of sp³-hybridized carbons (Fsp3) is 0.250. The summed E-state index contributed by atoms with van der Waals surface area (Å²) in [6.07, 6.45) is 5.69. The molecule has 7 nitrogen and oxygen atoms in total. The van der Waals surface area contributed by atoms with Crippen molar-refractivity contribution >= 4 is 29.6 Å². The lowest BCUT2D eigenvalue weighted by Crippen LogP contribution is -2.44. The number of anilines is 3. The minimum absolute atomic E-state index is 0.678. The fourth-order valence-corrected chi connectivity index (χ4v) is 2.99. The molecule has 2 aromatic heterocycles. The Kier molecular flexibility index (Phi) is 5.11. The molecule has 138 valence electrons. The minimum Gasteiger partial charge on any atom is -0.354 e. The molecule has 27 heavy (non-hydrogen) atoms. The third kappa shape index (κ3) is 4.51. The number of likely N-dealkylation sites (N-methyl/N-ethyl adjacent to an activating group) is 1. The Morgan fingerprint density at radius 2 is 1.81 bits per heavy atom. The maximum absolute atomic E-state index is 4.77. The lowest BCUT2D eigenvalue weighted by molar-refractivity contribution is 0.312. The van der Waals surface area contributed by atoms with Gasteiger partial charge in [-0.2, -0.15) is 5.10 Å². The highest BCUT2D eigenvalue weighted by molar-refractivity contribution is 5.68. The molecule has 0 radical (unpaired) electrons. The summed E-state index contributed by atoms with van der Waals surface area (Å²) in [7, 11) is 2.15. The van der Waals surface area contributed by atoms with Gasteiger partial charge in [-0.25, -0.2) is 9.97 Å². The first-order valence-corrected chi connectivity index (χ1v) is 9.08. The van der Waals surface area contributed by atoms with Gasteiger partial charge in [0.1, 0.15) is 17.5 Å². The molecule has 0 atom stereocenters. The van der Waals surface area contributed by atoms with E-state index in [1.165, 1.54) is 0 Å². The molecule has 0 aliphatic carbocycles. The molecule has 1 aromatic carbocycles. The van der Waals surface area contributed by atoms with Crippen LogP contribution in [0.5, 0.6) is 0 Å². The van der Waals surface area contributed by atoms with Crippen molar-refractivity contribution in [3.63, 3.8) is 0 Å². The van der Waals surface area contributed by atoms with Crippen molar-refractivity contribution < 1.29 is 0 Å². The molecule has 3 aromatic rings. The maximum atomic E-state index is 4.77. The number of aromatic nitrogens is 4. The smallest absolute Gasteiger partial charge is 0.156 e. The predicted octanol–water partition coefficient (Wildman–Crippen LogP) is 2.87. The van der Waals surface area contributed by atoms with Gasteiger partial charge in [-0.15, -0.1) is 0 Å². The van der Waals surface area contributed by atoms with Crippen LogP contribution in [0.25, 0.3) is 12.2 Å². The molecule has 3 heterocycles. The number of rotatable bonds is 5. The highest BCUT2D eigenvalue weighted by Gasteiger charge is 2.17. The number of benzene rings is 1. The molecule has 1 fully saturated rings. The van der Waals surface area contributed by atoms with Crippen LogP contribution in [-0.2, 0) is 0 Å². The van der Waals surface area contributed by atoms with Crippen LogP contribution in [0.2, 0.25) is 0 Å². The van der Waals surface area contributed by atoms with Gasteiger partial charge in [0.15, 0.2) is 5.82 Å². The number of hydrogen-bond acceptors (Lipinski definition) is 6. The summed E-state index contributed by atoms with van der Waals surface area (Å²) in [5.74, 6) is 3.16. The van der Waals surface area contributed by atoms with Gasteiger partial charge in [0.25, 0.3) is 0 Å². The molecule has 0 unspecified atom stereocenters. The van der Waals surface area contributed by atoms with Gasteiger partial charge in [-0.1, -0.05) is 36.4 Å². The van der Waals surface area contributed by atoms with Crippen LogP contribution in [0.1, 0.15) is 11.4 Å². The molecule has 4 rings (SSSR count). The van der Waals surface area contributed by atoms with E-state index in [-0.39, 0.29) is 0 Å². The summed E-state index contributed by atoms with van der Waals surface area (Å²) >= 11 is 0. The number of nitrogens with zero attached hydrogens (tertiary/aromatic N) is 5. The zero-order chi connectivity index (χ0) is 18.5. The van der Waals surface area contributed by atoms with Gasteiger partial charge in [0.2, 0.25) is 0 Å². The van der Waals surface area contributed by atoms with E-state index in [4.69, 9.17) is 4.98 Å². The number of piperazine rings is 1. The average Bonchev–Trinajstić information content (AvgIpc) is 3.21. The second-order valence-corrected chi connectivity index (χ2v) is 6.60. The van der Waals surface area contributed by atoms with E-state index < -0.39 is 0 Å². The van der Waals surface area contributed by atoms with E-state index in [0.29, 0.717) is 5.82 Å². The van der Waals surface area contributed by atoms with Crippen molar-refractivity contribution in [1.82, 2.24) is 25.1 Å². The standard InChI is InChI=1S/C20H23N7/c1-26-11-13-27(14-12-26)20-15-19(23-18-9-10-21-25-18)22-17(24-20)8-7-16-5-3-2-4-6-16/h2-10,15H,11-14H2,1H3,(H2,21,22,23,24,25)/b8-7+. The quantitative estimate of drug-likeness (QED) is 0.728. The minimum atomic E-state index is 0.678. The second kappa shape index (κ2) is 8.01. The fourth-order valence-electron chi connectivity index (χ4n) is 2.99. The molecule has 0 spiro atoms. The van der Waals surface area contributed by atoms with Gasteiger partial charge < -0.3 is 15.1 Å². The van der Waals surface area contributed by atoms with E-state index in [1.807, 2.05) is 42.5 Å². The van der Waals surface area contributed by atoms with E-state index >= 15 is 0 Å². The lowest BCUT2D eigenvalue weighted by atomic mass is 10.2. The zero-order valence-corrected chi connectivity index (χ0v) is 15.3. The van der Waals surface area contributed by atoms with Crippen LogP contribution in [0.15, 0.2) is 48.7 Å². The third-order valence-corrected chi connectivity index (χ3v) is 4.55. The number of nitrogens with one attached hydrogen (secondary N) is 2. The van der Waals surface area contributed by atoms with E-state index in [9.17, 15) is 0 Å². The number of aromatic amines is 1. The summed E-state index contributed by atoms with van der Waals surface area (Å²) in [6, 6.07) is 14.0. The lowest BCUT2D eigenvalue weighted by Gasteiger charge is -2.33. The Morgan fingerprint density at radius 1 is 1.00 bits per heavy atom. The van der Waals surface area contributed by atoms with E-state index in [2.05, 4.69) is 49.5 Å². The molecule has 2 N–H and O–H groups in total. The largest absolute Gasteiger partial charge is 0.354 e. The van der Waals surface area contributed by atoms with E-state index in [0.717, 1.165) is 49.2 Å². The van der Waals surface area contributed by atoms with Crippen LogP contribution in [-0.4, -0.2) is 58.3 Å². The Morgan fingerprint density at radius 3 is 2.56 bits per heavy atom. The van der Waals surface area contributed by atoms with Crippen LogP contribution in [0.3, 0.4) is 0 Å². The molecular weight excluding hydrogens is 338 g/mol. The van der Waals surface area contributed by atoms with Gasteiger partial charge in [-0.05, 0) is 18.7 Å². The first-order chi connectivity index (χ1) is 13.3. The van der Waals surface area contributed by atoms with Gasteiger partial charge in [0.05, 0.1) is 6.20 Å².